The summed E-state index contributed by atoms with van der Waals surface area (Å²) in [5.41, 5.74) is 1.59. The molecule has 0 spiro atoms. The summed E-state index contributed by atoms with van der Waals surface area (Å²) in [6.07, 6.45) is 3.40. The Morgan fingerprint density at radius 3 is 2.56 bits per heavy atom. The Morgan fingerprint density at radius 1 is 1.56 bits per heavy atom. The van der Waals surface area contributed by atoms with Crippen LogP contribution in [0.2, 0.25) is 0 Å². The smallest absolute Gasteiger partial charge is 0.0482 e. The van der Waals surface area contributed by atoms with Crippen LogP contribution >= 0.6 is 0 Å². The van der Waals surface area contributed by atoms with Crippen molar-refractivity contribution in [1.29, 1.82) is 0 Å². The van der Waals surface area contributed by atoms with Crippen molar-refractivity contribution in [2.24, 2.45) is 0 Å². The Bertz CT molecular complexity index is 134. The average molecular weight is 124 g/mol. The maximum absolute atomic E-state index is 4.44. The zero-order valence-corrected chi connectivity index (χ0v) is 6.44. The van der Waals surface area contributed by atoms with Gasteiger partial charge in [0.15, 0.2) is 0 Å². The molecule has 0 aromatic rings. The second-order valence-electron chi connectivity index (χ2n) is 3.28. The third-order valence-electron chi connectivity index (χ3n) is 1.63. The third-order valence-corrected chi connectivity index (χ3v) is 1.63. The Balaban J connectivity index is 2.68. The van der Waals surface area contributed by atoms with Crippen LogP contribution in [0.5, 0.6) is 0 Å². The standard InChI is InChI=1S/C8H14N/c1-7-4-5-9-8(2,3)6-7/h6H,4-5H2,1-3H3. The van der Waals surface area contributed by atoms with Crippen molar-refractivity contribution >= 4 is 0 Å². The minimum Gasteiger partial charge on any atom is -0.231 e. The minimum atomic E-state index is 0.113. The molecule has 9 heavy (non-hydrogen) atoms. The van der Waals surface area contributed by atoms with Crippen LogP contribution < -0.4 is 5.32 Å². The van der Waals surface area contributed by atoms with E-state index in [-0.39, 0.29) is 5.54 Å². The maximum atomic E-state index is 4.44. The summed E-state index contributed by atoms with van der Waals surface area (Å²) in [4.78, 5) is 0. The molecule has 0 aromatic heterocycles. The molecule has 0 aliphatic carbocycles. The predicted octanol–water partition coefficient (Wildman–Crippen LogP) is 1.72. The number of rotatable bonds is 0. The number of hydrogen-bond acceptors (Lipinski definition) is 0. The van der Waals surface area contributed by atoms with E-state index in [0.717, 1.165) is 13.0 Å². The number of nitrogens with zero attached hydrogens (tertiary/aromatic N) is 1. The van der Waals surface area contributed by atoms with Crippen LogP contribution in [0.1, 0.15) is 27.2 Å². The van der Waals surface area contributed by atoms with Gasteiger partial charge in [-0.05, 0) is 27.2 Å². The van der Waals surface area contributed by atoms with Crippen LogP contribution in [0.3, 0.4) is 0 Å². The topological polar surface area (TPSA) is 14.1 Å². The Morgan fingerprint density at radius 2 is 2.22 bits per heavy atom. The summed E-state index contributed by atoms with van der Waals surface area (Å²) < 4.78 is 0. The molecule has 1 aliphatic rings. The van der Waals surface area contributed by atoms with Gasteiger partial charge in [-0.2, -0.15) is 0 Å². The summed E-state index contributed by atoms with van der Waals surface area (Å²) in [6, 6.07) is 0. The molecule has 1 radical (unpaired) electrons. The van der Waals surface area contributed by atoms with Crippen molar-refractivity contribution in [2.45, 2.75) is 32.7 Å². The molecule has 0 saturated heterocycles. The van der Waals surface area contributed by atoms with E-state index in [9.17, 15) is 0 Å². The molecule has 51 valence electrons. The molecule has 0 aromatic carbocycles. The summed E-state index contributed by atoms with van der Waals surface area (Å²) in [5.74, 6) is 0. The van der Waals surface area contributed by atoms with Crippen LogP contribution in [0.15, 0.2) is 11.6 Å². The molecule has 1 rings (SSSR count). The highest BCUT2D eigenvalue weighted by Gasteiger charge is 2.18. The van der Waals surface area contributed by atoms with Gasteiger partial charge in [0.2, 0.25) is 0 Å². The number of hydrogen-bond donors (Lipinski definition) is 0. The van der Waals surface area contributed by atoms with Crippen molar-refractivity contribution in [1.82, 2.24) is 5.32 Å². The second-order valence-corrected chi connectivity index (χ2v) is 3.28. The van der Waals surface area contributed by atoms with Gasteiger partial charge >= 0.3 is 0 Å². The van der Waals surface area contributed by atoms with E-state index in [2.05, 4.69) is 32.2 Å². The molecule has 0 unspecified atom stereocenters. The lowest BCUT2D eigenvalue weighted by molar-refractivity contribution is 0.442. The third kappa shape index (κ3) is 1.83. The van der Waals surface area contributed by atoms with Crippen LogP contribution in [0.4, 0.5) is 0 Å². The van der Waals surface area contributed by atoms with Gasteiger partial charge in [-0.15, -0.1) is 0 Å². The fraction of sp³-hybridized carbons (Fsp3) is 0.750. The molecule has 0 amide bonds. The molecule has 1 heteroatoms. The monoisotopic (exact) mass is 124 g/mol. The molecule has 0 bridgehead atoms. The fourth-order valence-corrected chi connectivity index (χ4v) is 1.24. The van der Waals surface area contributed by atoms with Crippen molar-refractivity contribution in [3.8, 4) is 0 Å². The summed E-state index contributed by atoms with van der Waals surface area (Å²) >= 11 is 0. The van der Waals surface area contributed by atoms with Crippen LogP contribution in [0.25, 0.3) is 0 Å². The average Bonchev–Trinajstić information content (AvgIpc) is 1.60. The van der Waals surface area contributed by atoms with Crippen LogP contribution in [-0.2, 0) is 0 Å². The Hall–Kier alpha value is -0.300. The van der Waals surface area contributed by atoms with Crippen molar-refractivity contribution in [2.75, 3.05) is 6.54 Å². The van der Waals surface area contributed by atoms with Gasteiger partial charge < -0.3 is 0 Å². The largest absolute Gasteiger partial charge is 0.231 e. The molecular weight excluding hydrogens is 110 g/mol. The van der Waals surface area contributed by atoms with Gasteiger partial charge in [0.25, 0.3) is 0 Å². The van der Waals surface area contributed by atoms with Crippen LogP contribution in [0, 0.1) is 0 Å². The zero-order chi connectivity index (χ0) is 6.91. The Labute approximate surface area is 57.1 Å². The molecule has 1 heterocycles. The second kappa shape index (κ2) is 2.14. The predicted molar refractivity (Wildman–Crippen MR) is 39.5 cm³/mol. The quantitative estimate of drug-likeness (QED) is 0.436. The lowest BCUT2D eigenvalue weighted by Gasteiger charge is -2.25. The molecule has 0 fully saturated rings. The van der Waals surface area contributed by atoms with Gasteiger partial charge in [-0.3, -0.25) is 0 Å². The molecule has 0 saturated carbocycles. The highest BCUT2D eigenvalue weighted by molar-refractivity contribution is 5.13. The van der Waals surface area contributed by atoms with Crippen molar-refractivity contribution < 1.29 is 0 Å². The summed E-state index contributed by atoms with van der Waals surface area (Å²) in [6.45, 7) is 7.48. The van der Waals surface area contributed by atoms with E-state index in [1.807, 2.05) is 0 Å². The summed E-state index contributed by atoms with van der Waals surface area (Å²) in [5, 5.41) is 4.44. The first-order valence-electron chi connectivity index (χ1n) is 3.47. The van der Waals surface area contributed by atoms with Gasteiger partial charge in [0, 0.05) is 12.1 Å². The lowest BCUT2D eigenvalue weighted by Crippen LogP contribution is -2.34. The van der Waals surface area contributed by atoms with Crippen molar-refractivity contribution in [3.63, 3.8) is 0 Å². The van der Waals surface area contributed by atoms with E-state index < -0.39 is 0 Å². The van der Waals surface area contributed by atoms with Gasteiger partial charge in [-0.1, -0.05) is 11.6 Å². The van der Waals surface area contributed by atoms with Crippen molar-refractivity contribution in [3.05, 3.63) is 11.6 Å². The Kier molecular flexibility index (Phi) is 1.62. The van der Waals surface area contributed by atoms with Crippen LogP contribution in [-0.4, -0.2) is 12.1 Å². The van der Waals surface area contributed by atoms with E-state index in [1.54, 1.807) is 0 Å². The first-order chi connectivity index (χ1) is 4.10. The SMILES string of the molecule is CC1=CC(C)(C)[N]CC1. The minimum absolute atomic E-state index is 0.113. The fourth-order valence-electron chi connectivity index (χ4n) is 1.24. The molecule has 1 nitrogen and oxygen atoms in total. The highest BCUT2D eigenvalue weighted by atomic mass is 14.9. The molecule has 0 atom stereocenters. The zero-order valence-electron chi connectivity index (χ0n) is 6.44. The van der Waals surface area contributed by atoms with Gasteiger partial charge in [0.1, 0.15) is 0 Å². The van der Waals surface area contributed by atoms with Gasteiger partial charge in [-0.25, -0.2) is 5.32 Å². The molecule has 1 aliphatic heterocycles. The van der Waals surface area contributed by atoms with Gasteiger partial charge in [0.05, 0.1) is 0 Å². The van der Waals surface area contributed by atoms with E-state index in [4.69, 9.17) is 0 Å². The van der Waals surface area contributed by atoms with E-state index in [1.165, 1.54) is 5.57 Å². The lowest BCUT2D eigenvalue weighted by atomic mass is 9.96. The normalized spacial score (nSPS) is 25.4. The first kappa shape index (κ1) is 6.81. The maximum Gasteiger partial charge on any atom is 0.0482 e. The highest BCUT2D eigenvalue weighted by Crippen LogP contribution is 2.16. The van der Waals surface area contributed by atoms with E-state index in [0.29, 0.717) is 0 Å². The first-order valence-corrected chi connectivity index (χ1v) is 3.47. The summed E-state index contributed by atoms with van der Waals surface area (Å²) in [7, 11) is 0. The molecular formula is C8H14N. The van der Waals surface area contributed by atoms with E-state index >= 15 is 0 Å². The molecule has 0 N–H and O–H groups in total.